The molecule has 1 unspecified atom stereocenters. The average Bonchev–Trinajstić information content (AvgIpc) is 2.48. The first-order valence-electron chi connectivity index (χ1n) is 5.13. The number of hydrogen-bond donors (Lipinski definition) is 0. The van der Waals surface area contributed by atoms with Crippen molar-refractivity contribution in [2.24, 2.45) is 0 Å². The third kappa shape index (κ3) is 4.19. The molecule has 0 amide bonds. The fourth-order valence-corrected chi connectivity index (χ4v) is 1.33. The lowest BCUT2D eigenvalue weighted by Crippen LogP contribution is -2.22. The second-order valence-electron chi connectivity index (χ2n) is 4.57. The number of allylic oxidation sites excluding steroid dienone is 1. The second kappa shape index (κ2) is 4.51. The molecule has 15 heavy (non-hydrogen) atoms. The highest BCUT2D eigenvalue weighted by atomic mass is 16.6. The monoisotopic (exact) mass is 210 g/mol. The molecule has 0 N–H and O–H groups in total. The zero-order valence-corrected chi connectivity index (χ0v) is 9.58. The Kier molecular flexibility index (Phi) is 3.56. The highest BCUT2D eigenvalue weighted by Gasteiger charge is 2.20. The summed E-state index contributed by atoms with van der Waals surface area (Å²) in [4.78, 5) is 11.4. The van der Waals surface area contributed by atoms with Gasteiger partial charge < -0.3 is 9.47 Å². The Morgan fingerprint density at radius 1 is 1.60 bits per heavy atom. The lowest BCUT2D eigenvalue weighted by atomic mass is 10.2. The number of hydrogen-bond acceptors (Lipinski definition) is 3. The lowest BCUT2D eigenvalue weighted by molar-refractivity contribution is -0.148. The van der Waals surface area contributed by atoms with Crippen molar-refractivity contribution in [3.05, 3.63) is 24.5 Å². The molecule has 1 heterocycles. The van der Waals surface area contributed by atoms with Crippen LogP contribution < -0.4 is 0 Å². The number of ether oxygens (including phenoxy) is 2. The van der Waals surface area contributed by atoms with Gasteiger partial charge in [-0.05, 0) is 27.2 Å². The Labute approximate surface area is 90.8 Å². The first-order chi connectivity index (χ1) is 6.90. The lowest BCUT2D eigenvalue weighted by Gasteiger charge is -2.18. The van der Waals surface area contributed by atoms with Gasteiger partial charge in [0.1, 0.15) is 17.5 Å². The van der Waals surface area contributed by atoms with Crippen molar-refractivity contribution in [1.82, 2.24) is 0 Å². The summed E-state index contributed by atoms with van der Waals surface area (Å²) < 4.78 is 10.6. The highest BCUT2D eigenvalue weighted by Crippen LogP contribution is 2.23. The molecule has 0 saturated carbocycles. The van der Waals surface area contributed by atoms with Crippen LogP contribution in [0.4, 0.5) is 0 Å². The predicted octanol–water partition coefficient (Wildman–Crippen LogP) is 2.58. The molecule has 1 rings (SSSR count). The Balaban J connectivity index is 2.50. The standard InChI is InChI=1S/C12H18O3/c1-5-9-6-7-10(14-9)8-11(13)15-12(2,3)4/h5,8-9H,1,6-7H2,2-4H3/b10-8-. The molecule has 84 valence electrons. The van der Waals surface area contributed by atoms with E-state index in [1.165, 1.54) is 6.08 Å². The van der Waals surface area contributed by atoms with Gasteiger partial charge in [-0.25, -0.2) is 4.79 Å². The van der Waals surface area contributed by atoms with Gasteiger partial charge in [-0.15, -0.1) is 0 Å². The molecule has 1 fully saturated rings. The maximum Gasteiger partial charge on any atom is 0.334 e. The summed E-state index contributed by atoms with van der Waals surface area (Å²) in [6, 6.07) is 0. The van der Waals surface area contributed by atoms with Gasteiger partial charge in [-0.1, -0.05) is 12.7 Å². The van der Waals surface area contributed by atoms with Crippen LogP contribution in [0.3, 0.4) is 0 Å². The maximum absolute atomic E-state index is 11.4. The molecule has 0 aromatic heterocycles. The summed E-state index contributed by atoms with van der Waals surface area (Å²) in [7, 11) is 0. The van der Waals surface area contributed by atoms with Crippen LogP contribution in [-0.4, -0.2) is 17.7 Å². The molecule has 0 aromatic rings. The summed E-state index contributed by atoms with van der Waals surface area (Å²) in [6.07, 6.45) is 4.87. The molecule has 0 aromatic carbocycles. The smallest absolute Gasteiger partial charge is 0.334 e. The van der Waals surface area contributed by atoms with E-state index in [2.05, 4.69) is 6.58 Å². The first-order valence-corrected chi connectivity index (χ1v) is 5.13. The molecule has 0 radical (unpaired) electrons. The van der Waals surface area contributed by atoms with Gasteiger partial charge in [0.15, 0.2) is 0 Å². The van der Waals surface area contributed by atoms with Gasteiger partial charge in [0, 0.05) is 6.42 Å². The third-order valence-corrected chi connectivity index (χ3v) is 1.93. The Bertz CT molecular complexity index is 284. The van der Waals surface area contributed by atoms with Crippen LogP contribution in [0.25, 0.3) is 0 Å². The van der Waals surface area contributed by atoms with Gasteiger partial charge in [-0.2, -0.15) is 0 Å². The zero-order chi connectivity index (χ0) is 11.5. The van der Waals surface area contributed by atoms with Crippen LogP contribution in [0.2, 0.25) is 0 Å². The van der Waals surface area contributed by atoms with Crippen molar-refractivity contribution >= 4 is 5.97 Å². The van der Waals surface area contributed by atoms with E-state index in [4.69, 9.17) is 9.47 Å². The average molecular weight is 210 g/mol. The fraction of sp³-hybridized carbons (Fsp3) is 0.583. The third-order valence-electron chi connectivity index (χ3n) is 1.93. The molecule has 1 atom stereocenters. The molecule has 3 heteroatoms. The highest BCUT2D eigenvalue weighted by molar-refractivity contribution is 5.82. The molecular formula is C12H18O3. The van der Waals surface area contributed by atoms with Crippen LogP contribution in [0.15, 0.2) is 24.5 Å². The molecule has 3 nitrogen and oxygen atoms in total. The summed E-state index contributed by atoms with van der Waals surface area (Å²) in [5.41, 5.74) is -0.454. The van der Waals surface area contributed by atoms with Gasteiger partial charge in [0.2, 0.25) is 0 Å². The minimum atomic E-state index is -0.454. The number of rotatable bonds is 2. The van der Waals surface area contributed by atoms with Crippen LogP contribution in [0.1, 0.15) is 33.6 Å². The summed E-state index contributed by atoms with van der Waals surface area (Å²) in [5.74, 6) is 0.344. The van der Waals surface area contributed by atoms with Crippen molar-refractivity contribution < 1.29 is 14.3 Å². The van der Waals surface area contributed by atoms with E-state index in [0.29, 0.717) is 5.76 Å². The summed E-state index contributed by atoms with van der Waals surface area (Å²) in [6.45, 7) is 9.16. The van der Waals surface area contributed by atoms with E-state index >= 15 is 0 Å². The van der Waals surface area contributed by atoms with Gasteiger partial charge in [-0.3, -0.25) is 0 Å². The largest absolute Gasteiger partial charge is 0.490 e. The normalized spacial score (nSPS) is 23.7. The molecule has 1 aliphatic rings. The topological polar surface area (TPSA) is 35.5 Å². The van der Waals surface area contributed by atoms with E-state index in [1.54, 1.807) is 6.08 Å². The van der Waals surface area contributed by atoms with E-state index in [-0.39, 0.29) is 12.1 Å². The molecule has 0 spiro atoms. The van der Waals surface area contributed by atoms with Crippen LogP contribution in [0.5, 0.6) is 0 Å². The van der Waals surface area contributed by atoms with Crippen molar-refractivity contribution in [2.45, 2.75) is 45.3 Å². The molecule has 0 aliphatic carbocycles. The van der Waals surface area contributed by atoms with Crippen LogP contribution in [-0.2, 0) is 14.3 Å². The molecule has 0 bridgehead atoms. The Morgan fingerprint density at radius 2 is 2.27 bits per heavy atom. The maximum atomic E-state index is 11.4. The number of carbonyl (C=O) groups is 1. The summed E-state index contributed by atoms with van der Waals surface area (Å²) in [5, 5.41) is 0. The Morgan fingerprint density at radius 3 is 2.73 bits per heavy atom. The predicted molar refractivity (Wildman–Crippen MR) is 58.2 cm³/mol. The van der Waals surface area contributed by atoms with Crippen molar-refractivity contribution in [3.63, 3.8) is 0 Å². The number of esters is 1. The van der Waals surface area contributed by atoms with E-state index in [0.717, 1.165) is 12.8 Å². The van der Waals surface area contributed by atoms with Gasteiger partial charge in [0.25, 0.3) is 0 Å². The summed E-state index contributed by atoms with van der Waals surface area (Å²) >= 11 is 0. The van der Waals surface area contributed by atoms with Crippen molar-refractivity contribution in [3.8, 4) is 0 Å². The van der Waals surface area contributed by atoms with Crippen molar-refractivity contribution in [2.75, 3.05) is 0 Å². The number of carbonyl (C=O) groups excluding carboxylic acids is 1. The first kappa shape index (κ1) is 11.8. The van der Waals surface area contributed by atoms with E-state index in [1.807, 2.05) is 20.8 Å². The minimum absolute atomic E-state index is 0.0405. The zero-order valence-electron chi connectivity index (χ0n) is 9.58. The minimum Gasteiger partial charge on any atom is -0.490 e. The van der Waals surface area contributed by atoms with Crippen LogP contribution in [0, 0.1) is 0 Å². The van der Waals surface area contributed by atoms with E-state index < -0.39 is 5.60 Å². The van der Waals surface area contributed by atoms with Crippen molar-refractivity contribution in [1.29, 1.82) is 0 Å². The fourth-order valence-electron chi connectivity index (χ4n) is 1.33. The second-order valence-corrected chi connectivity index (χ2v) is 4.57. The Hall–Kier alpha value is -1.25. The van der Waals surface area contributed by atoms with E-state index in [9.17, 15) is 4.79 Å². The van der Waals surface area contributed by atoms with Crippen LogP contribution >= 0.6 is 0 Å². The van der Waals surface area contributed by atoms with Gasteiger partial charge in [0.05, 0.1) is 6.08 Å². The SMILES string of the molecule is C=CC1CC/C(=C/C(=O)OC(C)(C)C)O1. The molecule has 1 saturated heterocycles. The quantitative estimate of drug-likeness (QED) is 0.399. The molecular weight excluding hydrogens is 192 g/mol. The van der Waals surface area contributed by atoms with Gasteiger partial charge >= 0.3 is 5.97 Å². The molecule has 1 aliphatic heterocycles.